The maximum absolute atomic E-state index is 11.6. The van der Waals surface area contributed by atoms with Gasteiger partial charge in [0.15, 0.2) is 0 Å². The Balaban J connectivity index is 1.98. The Morgan fingerprint density at radius 1 is 1.59 bits per heavy atom. The van der Waals surface area contributed by atoms with Gasteiger partial charge in [-0.3, -0.25) is 4.68 Å². The van der Waals surface area contributed by atoms with Crippen LogP contribution in [0.15, 0.2) is 18.5 Å². The molecule has 2 heterocycles. The lowest BCUT2D eigenvalue weighted by molar-refractivity contribution is 0.0466. The Morgan fingerprint density at radius 3 is 2.88 bits per heavy atom. The highest BCUT2D eigenvalue weighted by atomic mass is 35.5. The molecule has 2 aromatic heterocycles. The van der Waals surface area contributed by atoms with Gasteiger partial charge >= 0.3 is 5.97 Å². The van der Waals surface area contributed by atoms with Gasteiger partial charge in [-0.1, -0.05) is 23.2 Å². The Labute approximate surface area is 107 Å². The summed E-state index contributed by atoms with van der Waals surface area (Å²) in [6, 6.07) is 1.43. The van der Waals surface area contributed by atoms with E-state index >= 15 is 0 Å². The van der Waals surface area contributed by atoms with E-state index in [2.05, 4.69) is 10.1 Å². The summed E-state index contributed by atoms with van der Waals surface area (Å²) in [5.41, 5.74) is 1.04. The molecule has 2 aromatic rings. The number of hydrogen-bond acceptors (Lipinski definition) is 3. The second-order valence-electron chi connectivity index (χ2n) is 3.44. The molecule has 0 saturated heterocycles. The van der Waals surface area contributed by atoms with E-state index in [1.54, 1.807) is 24.1 Å². The topological polar surface area (TPSA) is 59.9 Å². The second kappa shape index (κ2) is 4.81. The molecule has 0 aliphatic carbocycles. The minimum absolute atomic E-state index is 0.154. The van der Waals surface area contributed by atoms with E-state index in [-0.39, 0.29) is 17.5 Å². The number of esters is 1. The molecule has 0 spiro atoms. The van der Waals surface area contributed by atoms with Crippen molar-refractivity contribution in [2.75, 3.05) is 0 Å². The predicted molar refractivity (Wildman–Crippen MR) is 63.1 cm³/mol. The second-order valence-corrected chi connectivity index (χ2v) is 4.23. The van der Waals surface area contributed by atoms with E-state index in [1.807, 2.05) is 0 Å². The maximum Gasteiger partial charge on any atom is 0.355 e. The van der Waals surface area contributed by atoms with Crippen LogP contribution in [0.4, 0.5) is 0 Å². The summed E-state index contributed by atoms with van der Waals surface area (Å²) in [4.78, 5) is 14.2. The van der Waals surface area contributed by atoms with Crippen LogP contribution in [-0.2, 0) is 18.4 Å². The van der Waals surface area contributed by atoms with Gasteiger partial charge in [0.2, 0.25) is 0 Å². The third-order valence-corrected chi connectivity index (χ3v) is 2.77. The summed E-state index contributed by atoms with van der Waals surface area (Å²) >= 11 is 11.4. The van der Waals surface area contributed by atoms with Crippen molar-refractivity contribution < 1.29 is 9.53 Å². The van der Waals surface area contributed by atoms with Gasteiger partial charge in [0, 0.05) is 18.8 Å². The van der Waals surface area contributed by atoms with Crippen LogP contribution in [0, 0.1) is 0 Å². The fourth-order valence-electron chi connectivity index (χ4n) is 1.29. The zero-order valence-electron chi connectivity index (χ0n) is 8.91. The molecule has 0 bridgehead atoms. The lowest BCUT2D eigenvalue weighted by atomic mass is 10.4. The molecule has 90 valence electrons. The number of nitrogens with zero attached hydrogens (tertiary/aromatic N) is 2. The lowest BCUT2D eigenvalue weighted by Gasteiger charge is -2.00. The number of H-pyrrole nitrogens is 1. The number of aromatic amines is 1. The standard InChI is InChI=1S/C10H9Cl2N3O2/c1-15-4-6(3-13-15)5-17-10(16)8-2-7(11)9(12)14-8/h2-4,14H,5H2,1H3. The van der Waals surface area contributed by atoms with Crippen molar-refractivity contribution in [1.29, 1.82) is 0 Å². The van der Waals surface area contributed by atoms with Crippen LogP contribution < -0.4 is 0 Å². The van der Waals surface area contributed by atoms with E-state index in [0.717, 1.165) is 5.56 Å². The first-order valence-corrected chi connectivity index (χ1v) is 5.50. The first kappa shape index (κ1) is 12.0. The molecule has 0 atom stereocenters. The zero-order valence-corrected chi connectivity index (χ0v) is 10.4. The Kier molecular flexibility index (Phi) is 3.40. The highest BCUT2D eigenvalue weighted by Crippen LogP contribution is 2.22. The molecule has 1 N–H and O–H groups in total. The van der Waals surface area contributed by atoms with Gasteiger partial charge in [-0.25, -0.2) is 4.79 Å². The summed E-state index contributed by atoms with van der Waals surface area (Å²) in [5, 5.41) is 4.47. The maximum atomic E-state index is 11.6. The molecule has 0 amide bonds. The number of nitrogens with one attached hydrogen (secondary N) is 1. The number of rotatable bonds is 3. The zero-order chi connectivity index (χ0) is 12.4. The first-order chi connectivity index (χ1) is 8.06. The van der Waals surface area contributed by atoms with Gasteiger partial charge in [-0.2, -0.15) is 5.10 Å². The Morgan fingerprint density at radius 2 is 2.35 bits per heavy atom. The smallest absolute Gasteiger partial charge is 0.355 e. The van der Waals surface area contributed by atoms with Crippen molar-refractivity contribution in [3.8, 4) is 0 Å². The van der Waals surface area contributed by atoms with Crippen LogP contribution in [0.25, 0.3) is 0 Å². The van der Waals surface area contributed by atoms with Crippen molar-refractivity contribution in [1.82, 2.24) is 14.8 Å². The molecule has 0 aliphatic rings. The van der Waals surface area contributed by atoms with Crippen LogP contribution >= 0.6 is 23.2 Å². The minimum atomic E-state index is -0.511. The van der Waals surface area contributed by atoms with Gasteiger partial charge < -0.3 is 9.72 Å². The molecule has 0 fully saturated rings. The van der Waals surface area contributed by atoms with Gasteiger partial charge in [0.05, 0.1) is 11.2 Å². The highest BCUT2D eigenvalue weighted by Gasteiger charge is 2.13. The van der Waals surface area contributed by atoms with Crippen molar-refractivity contribution in [2.45, 2.75) is 6.61 Å². The quantitative estimate of drug-likeness (QED) is 0.874. The summed E-state index contributed by atoms with van der Waals surface area (Å²) in [7, 11) is 1.79. The number of aryl methyl sites for hydroxylation is 1. The van der Waals surface area contributed by atoms with Crippen LogP contribution in [0.1, 0.15) is 16.1 Å². The molecule has 0 unspecified atom stereocenters. The molecule has 0 saturated carbocycles. The third kappa shape index (κ3) is 2.81. The van der Waals surface area contributed by atoms with E-state index in [9.17, 15) is 4.79 Å². The van der Waals surface area contributed by atoms with Crippen LogP contribution in [0.2, 0.25) is 10.2 Å². The Hall–Kier alpha value is -1.46. The lowest BCUT2D eigenvalue weighted by Crippen LogP contribution is -2.05. The number of carbonyl (C=O) groups excluding carboxylic acids is 1. The molecule has 0 aromatic carbocycles. The number of ether oxygens (including phenoxy) is 1. The number of aromatic nitrogens is 3. The molecule has 7 heteroatoms. The minimum Gasteiger partial charge on any atom is -0.456 e. The molecular weight excluding hydrogens is 265 g/mol. The summed E-state index contributed by atoms with van der Waals surface area (Å²) < 4.78 is 6.69. The van der Waals surface area contributed by atoms with E-state index in [1.165, 1.54) is 6.07 Å². The largest absolute Gasteiger partial charge is 0.456 e. The van der Waals surface area contributed by atoms with Gasteiger partial charge in [0.1, 0.15) is 17.5 Å². The fourth-order valence-corrected chi connectivity index (χ4v) is 1.60. The third-order valence-electron chi connectivity index (χ3n) is 2.07. The molecule has 2 rings (SSSR count). The molecule has 0 aliphatic heterocycles. The SMILES string of the molecule is Cn1cc(COC(=O)c2cc(Cl)c(Cl)[nH]2)cn1. The van der Waals surface area contributed by atoms with Crippen LogP contribution in [0.5, 0.6) is 0 Å². The number of halogens is 2. The summed E-state index contributed by atoms with van der Waals surface area (Å²) in [6.07, 6.45) is 3.39. The highest BCUT2D eigenvalue weighted by molar-refractivity contribution is 6.41. The van der Waals surface area contributed by atoms with Crippen LogP contribution in [-0.4, -0.2) is 20.7 Å². The van der Waals surface area contributed by atoms with E-state index in [0.29, 0.717) is 5.02 Å². The molecule has 17 heavy (non-hydrogen) atoms. The Bertz CT molecular complexity index is 528. The fraction of sp³-hybridized carbons (Fsp3) is 0.200. The monoisotopic (exact) mass is 273 g/mol. The summed E-state index contributed by atoms with van der Waals surface area (Å²) in [5.74, 6) is -0.511. The van der Waals surface area contributed by atoms with Gasteiger partial charge in [0.25, 0.3) is 0 Å². The van der Waals surface area contributed by atoms with Gasteiger partial charge in [-0.15, -0.1) is 0 Å². The number of carbonyl (C=O) groups is 1. The average molecular weight is 274 g/mol. The predicted octanol–water partition coefficient (Wildman–Crippen LogP) is 2.41. The van der Waals surface area contributed by atoms with E-state index < -0.39 is 5.97 Å². The van der Waals surface area contributed by atoms with E-state index in [4.69, 9.17) is 27.9 Å². The average Bonchev–Trinajstić information content (AvgIpc) is 2.83. The van der Waals surface area contributed by atoms with Crippen molar-refractivity contribution in [2.24, 2.45) is 7.05 Å². The number of hydrogen-bond donors (Lipinski definition) is 1. The normalized spacial score (nSPS) is 10.5. The summed E-state index contributed by atoms with van der Waals surface area (Å²) in [6.45, 7) is 0.154. The molecule has 5 nitrogen and oxygen atoms in total. The van der Waals surface area contributed by atoms with Crippen molar-refractivity contribution >= 4 is 29.2 Å². The molecule has 0 radical (unpaired) electrons. The van der Waals surface area contributed by atoms with Crippen molar-refractivity contribution in [3.63, 3.8) is 0 Å². The van der Waals surface area contributed by atoms with Crippen LogP contribution in [0.3, 0.4) is 0 Å². The van der Waals surface area contributed by atoms with Gasteiger partial charge in [-0.05, 0) is 6.07 Å². The van der Waals surface area contributed by atoms with Crippen molar-refractivity contribution in [3.05, 3.63) is 39.9 Å². The first-order valence-electron chi connectivity index (χ1n) is 4.75. The molecular formula is C10H9Cl2N3O2.